The van der Waals surface area contributed by atoms with Crippen LogP contribution in [-0.4, -0.2) is 5.91 Å². The van der Waals surface area contributed by atoms with Crippen molar-refractivity contribution in [3.05, 3.63) is 70.3 Å². The number of fused-ring (bicyclic) bond motifs is 1. The average Bonchev–Trinajstić information content (AvgIpc) is 3.25. The van der Waals surface area contributed by atoms with Gasteiger partial charge in [0.25, 0.3) is 0 Å². The minimum absolute atomic E-state index is 0. The van der Waals surface area contributed by atoms with E-state index in [2.05, 4.69) is 22.8 Å². The SMILES string of the molecule is Cl.O=C(NCc1ccc2c(c1)CNC2)C1CC1c1ccc(F)c(F)c1. The van der Waals surface area contributed by atoms with Gasteiger partial charge in [-0.05, 0) is 46.7 Å². The Bertz CT molecular complexity index is 812. The van der Waals surface area contributed by atoms with Gasteiger partial charge < -0.3 is 10.6 Å². The van der Waals surface area contributed by atoms with Crippen LogP contribution in [0.3, 0.4) is 0 Å². The maximum Gasteiger partial charge on any atom is 0.224 e. The van der Waals surface area contributed by atoms with Gasteiger partial charge in [0.2, 0.25) is 5.91 Å². The van der Waals surface area contributed by atoms with Gasteiger partial charge in [-0.15, -0.1) is 12.4 Å². The van der Waals surface area contributed by atoms with E-state index in [1.807, 2.05) is 6.07 Å². The van der Waals surface area contributed by atoms with Crippen molar-refractivity contribution in [1.29, 1.82) is 0 Å². The van der Waals surface area contributed by atoms with Gasteiger partial charge in [-0.25, -0.2) is 8.78 Å². The maximum atomic E-state index is 13.3. The van der Waals surface area contributed by atoms with Gasteiger partial charge in [0.1, 0.15) is 0 Å². The summed E-state index contributed by atoms with van der Waals surface area (Å²) in [6.07, 6.45) is 0.686. The van der Waals surface area contributed by atoms with E-state index >= 15 is 0 Å². The van der Waals surface area contributed by atoms with E-state index < -0.39 is 11.6 Å². The molecule has 6 heteroatoms. The standard InChI is InChI=1S/C19H18F2N2O.ClH/c20-17-4-3-12(6-18(17)21)15-7-16(15)19(24)23-8-11-1-2-13-9-22-10-14(13)5-11;/h1-6,15-16,22H,7-10H2,(H,23,24);1H. The molecule has 2 unspecified atom stereocenters. The van der Waals surface area contributed by atoms with Crippen LogP contribution in [-0.2, 0) is 24.4 Å². The molecule has 1 heterocycles. The topological polar surface area (TPSA) is 41.1 Å². The Morgan fingerprint density at radius 1 is 1.08 bits per heavy atom. The molecule has 0 radical (unpaired) electrons. The van der Waals surface area contributed by atoms with Crippen LogP contribution in [0.25, 0.3) is 0 Å². The zero-order chi connectivity index (χ0) is 16.7. The van der Waals surface area contributed by atoms with E-state index in [1.165, 1.54) is 17.2 Å². The Morgan fingerprint density at radius 3 is 2.68 bits per heavy atom. The lowest BCUT2D eigenvalue weighted by Crippen LogP contribution is -2.25. The van der Waals surface area contributed by atoms with Gasteiger partial charge in [0.05, 0.1) is 0 Å². The van der Waals surface area contributed by atoms with Gasteiger partial charge >= 0.3 is 0 Å². The monoisotopic (exact) mass is 364 g/mol. The molecule has 1 aliphatic heterocycles. The first kappa shape index (κ1) is 17.8. The van der Waals surface area contributed by atoms with Crippen molar-refractivity contribution in [1.82, 2.24) is 10.6 Å². The maximum absolute atomic E-state index is 13.3. The van der Waals surface area contributed by atoms with Gasteiger partial charge in [-0.1, -0.05) is 24.3 Å². The van der Waals surface area contributed by atoms with Gasteiger partial charge in [0.15, 0.2) is 11.6 Å². The normalized spacial score (nSPS) is 20.6. The minimum Gasteiger partial charge on any atom is -0.352 e. The minimum atomic E-state index is -0.856. The Labute approximate surface area is 151 Å². The molecule has 0 spiro atoms. The van der Waals surface area contributed by atoms with Crippen molar-refractivity contribution >= 4 is 18.3 Å². The summed E-state index contributed by atoms with van der Waals surface area (Å²) in [7, 11) is 0. The van der Waals surface area contributed by atoms with Crippen molar-refractivity contribution in [3.63, 3.8) is 0 Å². The van der Waals surface area contributed by atoms with E-state index in [4.69, 9.17) is 0 Å². The third-order valence-corrected chi connectivity index (χ3v) is 4.87. The lowest BCUT2D eigenvalue weighted by atomic mass is 10.1. The first-order chi connectivity index (χ1) is 11.6. The van der Waals surface area contributed by atoms with Crippen LogP contribution in [0.1, 0.15) is 34.6 Å². The van der Waals surface area contributed by atoms with Crippen molar-refractivity contribution in [2.24, 2.45) is 5.92 Å². The van der Waals surface area contributed by atoms with E-state index in [1.54, 1.807) is 6.07 Å². The number of carbonyl (C=O) groups is 1. The summed E-state index contributed by atoms with van der Waals surface area (Å²) in [6.45, 7) is 2.27. The lowest BCUT2D eigenvalue weighted by Gasteiger charge is -2.07. The Kier molecular flexibility index (Phi) is 5.06. The third kappa shape index (κ3) is 3.67. The fourth-order valence-corrected chi connectivity index (χ4v) is 3.37. The molecule has 1 aliphatic carbocycles. The molecule has 0 aromatic heterocycles. The van der Waals surface area contributed by atoms with Crippen molar-refractivity contribution in [3.8, 4) is 0 Å². The van der Waals surface area contributed by atoms with Gasteiger partial charge in [0, 0.05) is 25.6 Å². The molecule has 0 saturated heterocycles. The van der Waals surface area contributed by atoms with E-state index in [0.29, 0.717) is 18.5 Å². The molecule has 2 N–H and O–H groups in total. The second kappa shape index (κ2) is 7.10. The summed E-state index contributed by atoms with van der Waals surface area (Å²) in [4.78, 5) is 12.3. The number of nitrogens with one attached hydrogen (secondary N) is 2. The van der Waals surface area contributed by atoms with E-state index in [-0.39, 0.29) is 30.2 Å². The molecule has 1 amide bonds. The predicted molar refractivity (Wildman–Crippen MR) is 93.3 cm³/mol. The lowest BCUT2D eigenvalue weighted by molar-refractivity contribution is -0.122. The first-order valence-electron chi connectivity index (χ1n) is 8.16. The first-order valence-corrected chi connectivity index (χ1v) is 8.16. The van der Waals surface area contributed by atoms with Crippen molar-refractivity contribution in [2.75, 3.05) is 0 Å². The Hall–Kier alpha value is -1.98. The molecule has 1 saturated carbocycles. The molecule has 4 rings (SSSR count). The number of benzene rings is 2. The predicted octanol–water partition coefficient (Wildman–Crippen LogP) is 3.41. The van der Waals surface area contributed by atoms with Crippen LogP contribution in [0.15, 0.2) is 36.4 Å². The van der Waals surface area contributed by atoms with Crippen molar-refractivity contribution in [2.45, 2.75) is 32.0 Å². The zero-order valence-electron chi connectivity index (χ0n) is 13.5. The zero-order valence-corrected chi connectivity index (χ0v) is 14.3. The van der Waals surface area contributed by atoms with Crippen LogP contribution < -0.4 is 10.6 Å². The molecule has 1 fully saturated rings. The molecule has 2 atom stereocenters. The molecule has 2 aromatic rings. The van der Waals surface area contributed by atoms with Crippen LogP contribution in [0.2, 0.25) is 0 Å². The fourth-order valence-electron chi connectivity index (χ4n) is 3.37. The average molecular weight is 365 g/mol. The second-order valence-corrected chi connectivity index (χ2v) is 6.55. The fraction of sp³-hybridized carbons (Fsp3) is 0.316. The van der Waals surface area contributed by atoms with Crippen LogP contribution in [0.4, 0.5) is 8.78 Å². The van der Waals surface area contributed by atoms with Gasteiger partial charge in [-0.2, -0.15) is 0 Å². The highest BCUT2D eigenvalue weighted by Gasteiger charge is 2.44. The highest BCUT2D eigenvalue weighted by Crippen LogP contribution is 2.47. The molecule has 132 valence electrons. The Balaban J connectivity index is 0.00000182. The van der Waals surface area contributed by atoms with Crippen molar-refractivity contribution < 1.29 is 13.6 Å². The molecule has 2 aromatic carbocycles. The summed E-state index contributed by atoms with van der Waals surface area (Å²) in [5, 5.41) is 6.25. The number of amides is 1. The van der Waals surface area contributed by atoms with Gasteiger partial charge in [-0.3, -0.25) is 4.79 Å². The highest BCUT2D eigenvalue weighted by molar-refractivity contribution is 5.85. The number of hydrogen-bond acceptors (Lipinski definition) is 2. The number of hydrogen-bond donors (Lipinski definition) is 2. The van der Waals surface area contributed by atoms with Crippen LogP contribution in [0, 0.1) is 17.6 Å². The third-order valence-electron chi connectivity index (χ3n) is 4.87. The largest absolute Gasteiger partial charge is 0.352 e. The number of carbonyl (C=O) groups excluding carboxylic acids is 1. The summed E-state index contributed by atoms with van der Waals surface area (Å²) >= 11 is 0. The summed E-state index contributed by atoms with van der Waals surface area (Å²) in [5.41, 5.74) is 4.37. The summed E-state index contributed by atoms with van der Waals surface area (Å²) in [6, 6.07) is 10.1. The molecule has 25 heavy (non-hydrogen) atoms. The molecule has 3 nitrogen and oxygen atoms in total. The molecular weight excluding hydrogens is 346 g/mol. The van der Waals surface area contributed by atoms with E-state index in [0.717, 1.165) is 24.7 Å². The molecule has 2 aliphatic rings. The quantitative estimate of drug-likeness (QED) is 0.873. The molecular formula is C19H19ClF2N2O. The second-order valence-electron chi connectivity index (χ2n) is 6.55. The Morgan fingerprint density at radius 2 is 1.88 bits per heavy atom. The smallest absolute Gasteiger partial charge is 0.224 e. The summed E-state index contributed by atoms with van der Waals surface area (Å²) < 4.78 is 26.3. The van der Waals surface area contributed by atoms with Crippen LogP contribution in [0.5, 0.6) is 0 Å². The number of halogens is 3. The van der Waals surface area contributed by atoms with E-state index in [9.17, 15) is 13.6 Å². The van der Waals surface area contributed by atoms with Crippen LogP contribution >= 0.6 is 12.4 Å². The highest BCUT2D eigenvalue weighted by atomic mass is 35.5. The number of rotatable bonds is 4. The molecule has 0 bridgehead atoms. The summed E-state index contributed by atoms with van der Waals surface area (Å²) in [5.74, 6) is -1.89.